The van der Waals surface area contributed by atoms with Gasteiger partial charge in [-0.05, 0) is 25.8 Å². The predicted octanol–water partition coefficient (Wildman–Crippen LogP) is 1.60. The average molecular weight is 404 g/mol. The number of nitrogens with zero attached hydrogens (tertiary/aromatic N) is 4. The quantitative estimate of drug-likeness (QED) is 0.837. The van der Waals surface area contributed by atoms with E-state index in [0.29, 0.717) is 45.0 Å². The minimum Gasteiger partial charge on any atom is -0.378 e. The second-order valence-corrected chi connectivity index (χ2v) is 8.39. The van der Waals surface area contributed by atoms with Crippen molar-refractivity contribution in [2.45, 2.75) is 32.1 Å². The summed E-state index contributed by atoms with van der Waals surface area (Å²) < 4.78 is 5.30. The van der Waals surface area contributed by atoms with Gasteiger partial charge in [0.25, 0.3) is 5.91 Å². The number of amides is 2. The molecule has 1 N–H and O–H groups in total. The van der Waals surface area contributed by atoms with Crippen LogP contribution >= 0.6 is 11.3 Å². The highest BCUT2D eigenvalue weighted by atomic mass is 32.1. The molecule has 0 bridgehead atoms. The van der Waals surface area contributed by atoms with Crippen molar-refractivity contribution in [3.8, 4) is 0 Å². The van der Waals surface area contributed by atoms with Crippen molar-refractivity contribution in [3.05, 3.63) is 33.5 Å². The maximum atomic E-state index is 12.7. The molecule has 1 atom stereocenters. The number of hydrogen-bond acceptors (Lipinski definition) is 6. The van der Waals surface area contributed by atoms with Crippen molar-refractivity contribution in [2.75, 3.05) is 39.4 Å². The Hall–Kier alpha value is -2.26. The summed E-state index contributed by atoms with van der Waals surface area (Å²) in [5.74, 6) is 0.223. The van der Waals surface area contributed by atoms with Crippen LogP contribution in [0.15, 0.2) is 11.4 Å². The van der Waals surface area contributed by atoms with E-state index >= 15 is 0 Å². The molecule has 0 aromatic carbocycles. The highest BCUT2D eigenvalue weighted by molar-refractivity contribution is 7.09. The number of morpholine rings is 1. The molecule has 2 aromatic heterocycles. The molecule has 4 rings (SSSR count). The van der Waals surface area contributed by atoms with Gasteiger partial charge in [0, 0.05) is 43.2 Å². The fraction of sp³-hybridized carbons (Fsp3) is 0.579. The minimum atomic E-state index is -0.0616. The van der Waals surface area contributed by atoms with E-state index in [0.717, 1.165) is 35.8 Å². The monoisotopic (exact) mass is 403 g/mol. The van der Waals surface area contributed by atoms with Crippen molar-refractivity contribution in [3.63, 3.8) is 0 Å². The number of thiazole rings is 1. The lowest BCUT2D eigenvalue weighted by Crippen LogP contribution is -2.41. The van der Waals surface area contributed by atoms with Crippen molar-refractivity contribution in [2.24, 2.45) is 0 Å². The summed E-state index contributed by atoms with van der Waals surface area (Å²) in [7, 11) is 0. The molecule has 28 heavy (non-hydrogen) atoms. The molecule has 0 saturated carbocycles. The number of hydrogen-bond donors (Lipinski definition) is 1. The van der Waals surface area contributed by atoms with Crippen LogP contribution in [0.4, 0.5) is 0 Å². The number of carbonyl (C=O) groups excluding carboxylic acids is 2. The number of rotatable bonds is 4. The molecular weight excluding hydrogens is 378 g/mol. The Morgan fingerprint density at radius 3 is 2.86 bits per heavy atom. The molecule has 2 aromatic rings. The Labute approximate surface area is 167 Å². The lowest BCUT2D eigenvalue weighted by Gasteiger charge is -2.32. The van der Waals surface area contributed by atoms with Gasteiger partial charge in [-0.15, -0.1) is 11.3 Å². The summed E-state index contributed by atoms with van der Waals surface area (Å²) in [5.41, 5.74) is 2.21. The standard InChI is InChI=1S/C19H25N5O3S/c1-13-20-15(12-28-13)9-18(25)24-4-2-3-14(11-24)16-10-17(22-21-16)19(26)23-5-7-27-8-6-23/h10,12,14H,2-9,11H2,1H3,(H,21,22)/t14-/m0/s1. The molecule has 8 nitrogen and oxygen atoms in total. The van der Waals surface area contributed by atoms with Crippen LogP contribution in [-0.4, -0.2) is 76.2 Å². The topological polar surface area (TPSA) is 91.4 Å². The fourth-order valence-electron chi connectivity index (χ4n) is 3.80. The van der Waals surface area contributed by atoms with Gasteiger partial charge in [0.1, 0.15) is 5.69 Å². The zero-order valence-corrected chi connectivity index (χ0v) is 16.8. The van der Waals surface area contributed by atoms with Crippen LogP contribution in [0.5, 0.6) is 0 Å². The van der Waals surface area contributed by atoms with Gasteiger partial charge in [-0.1, -0.05) is 0 Å². The Balaban J connectivity index is 1.38. The van der Waals surface area contributed by atoms with E-state index in [-0.39, 0.29) is 17.7 Å². The fourth-order valence-corrected chi connectivity index (χ4v) is 4.41. The van der Waals surface area contributed by atoms with Gasteiger partial charge in [0.15, 0.2) is 0 Å². The molecule has 2 amide bonds. The number of carbonyl (C=O) groups is 2. The number of piperidine rings is 1. The molecule has 2 aliphatic rings. The van der Waals surface area contributed by atoms with E-state index in [9.17, 15) is 9.59 Å². The molecule has 2 aliphatic heterocycles. The van der Waals surface area contributed by atoms with E-state index in [2.05, 4.69) is 15.2 Å². The van der Waals surface area contributed by atoms with Crippen LogP contribution in [0, 0.1) is 6.92 Å². The van der Waals surface area contributed by atoms with Crippen molar-refractivity contribution in [1.82, 2.24) is 25.0 Å². The Bertz CT molecular complexity index is 842. The lowest BCUT2D eigenvalue weighted by atomic mass is 9.94. The third-order valence-electron chi connectivity index (χ3n) is 5.33. The third kappa shape index (κ3) is 4.25. The van der Waals surface area contributed by atoms with Gasteiger partial charge in [-0.2, -0.15) is 5.10 Å². The second kappa shape index (κ2) is 8.40. The number of likely N-dealkylation sites (tertiary alicyclic amines) is 1. The number of ether oxygens (including phenoxy) is 1. The Morgan fingerprint density at radius 2 is 2.11 bits per heavy atom. The minimum absolute atomic E-state index is 0.0616. The molecule has 2 fully saturated rings. The first-order valence-corrected chi connectivity index (χ1v) is 10.6. The van der Waals surface area contributed by atoms with Crippen LogP contribution in [-0.2, 0) is 16.0 Å². The molecule has 0 radical (unpaired) electrons. The highest BCUT2D eigenvalue weighted by Gasteiger charge is 2.28. The van der Waals surface area contributed by atoms with E-state index in [1.54, 1.807) is 16.2 Å². The van der Waals surface area contributed by atoms with Gasteiger partial charge in [-0.25, -0.2) is 4.98 Å². The number of nitrogens with one attached hydrogen (secondary N) is 1. The van der Waals surface area contributed by atoms with Gasteiger partial charge in [-0.3, -0.25) is 14.7 Å². The average Bonchev–Trinajstić information content (AvgIpc) is 3.37. The van der Waals surface area contributed by atoms with Gasteiger partial charge in [0.05, 0.1) is 30.3 Å². The molecule has 0 aliphatic carbocycles. The van der Waals surface area contributed by atoms with Gasteiger partial charge >= 0.3 is 0 Å². The number of aromatic nitrogens is 3. The van der Waals surface area contributed by atoms with Crippen LogP contribution in [0.1, 0.15) is 45.6 Å². The molecule has 150 valence electrons. The van der Waals surface area contributed by atoms with E-state index in [4.69, 9.17) is 4.74 Å². The SMILES string of the molecule is Cc1nc(CC(=O)N2CCC[C@H](c3cc(C(=O)N4CCOCC4)n[nH]3)C2)cs1. The number of aryl methyl sites for hydroxylation is 1. The molecular formula is C19H25N5O3S. The Morgan fingerprint density at radius 1 is 1.29 bits per heavy atom. The predicted molar refractivity (Wildman–Crippen MR) is 104 cm³/mol. The summed E-state index contributed by atoms with van der Waals surface area (Å²) in [5, 5.41) is 10.2. The molecule has 9 heteroatoms. The summed E-state index contributed by atoms with van der Waals surface area (Å²) >= 11 is 1.57. The van der Waals surface area contributed by atoms with E-state index in [1.165, 1.54) is 0 Å². The largest absolute Gasteiger partial charge is 0.378 e. The smallest absolute Gasteiger partial charge is 0.274 e. The van der Waals surface area contributed by atoms with Gasteiger partial charge in [0.2, 0.25) is 5.91 Å². The zero-order valence-electron chi connectivity index (χ0n) is 16.0. The first-order chi connectivity index (χ1) is 13.6. The molecule has 2 saturated heterocycles. The summed E-state index contributed by atoms with van der Waals surface area (Å²) in [4.78, 5) is 33.3. The first kappa shape index (κ1) is 19.1. The third-order valence-corrected chi connectivity index (χ3v) is 6.15. The summed E-state index contributed by atoms with van der Waals surface area (Å²) in [6.07, 6.45) is 2.27. The molecule has 0 unspecified atom stereocenters. The summed E-state index contributed by atoms with van der Waals surface area (Å²) in [6.45, 7) is 5.71. The number of H-pyrrole nitrogens is 1. The lowest BCUT2D eigenvalue weighted by molar-refractivity contribution is -0.131. The second-order valence-electron chi connectivity index (χ2n) is 7.33. The van der Waals surface area contributed by atoms with Crippen LogP contribution < -0.4 is 0 Å². The van der Waals surface area contributed by atoms with Crippen molar-refractivity contribution in [1.29, 1.82) is 0 Å². The Kier molecular flexibility index (Phi) is 5.72. The van der Waals surface area contributed by atoms with Crippen molar-refractivity contribution >= 4 is 23.2 Å². The van der Waals surface area contributed by atoms with E-state index in [1.807, 2.05) is 23.3 Å². The first-order valence-electron chi connectivity index (χ1n) is 9.71. The van der Waals surface area contributed by atoms with Crippen LogP contribution in [0.2, 0.25) is 0 Å². The van der Waals surface area contributed by atoms with Crippen LogP contribution in [0.3, 0.4) is 0 Å². The van der Waals surface area contributed by atoms with Crippen LogP contribution in [0.25, 0.3) is 0 Å². The summed E-state index contributed by atoms with van der Waals surface area (Å²) in [6, 6.07) is 1.85. The maximum Gasteiger partial charge on any atom is 0.274 e. The van der Waals surface area contributed by atoms with Gasteiger partial charge < -0.3 is 14.5 Å². The highest BCUT2D eigenvalue weighted by Crippen LogP contribution is 2.27. The zero-order chi connectivity index (χ0) is 19.5. The normalized spacial score (nSPS) is 20.4. The maximum absolute atomic E-state index is 12.7. The molecule has 4 heterocycles. The van der Waals surface area contributed by atoms with E-state index < -0.39 is 0 Å². The number of aromatic amines is 1. The van der Waals surface area contributed by atoms with Crippen molar-refractivity contribution < 1.29 is 14.3 Å². The molecule has 0 spiro atoms.